The van der Waals surface area contributed by atoms with Gasteiger partial charge in [-0.1, -0.05) is 24.3 Å². The van der Waals surface area contributed by atoms with Crippen molar-refractivity contribution in [2.45, 2.75) is 19.8 Å². The topological polar surface area (TPSA) is 96.9 Å². The van der Waals surface area contributed by atoms with E-state index in [1.807, 2.05) is 24.3 Å². The van der Waals surface area contributed by atoms with Gasteiger partial charge in [-0.3, -0.25) is 14.9 Å². The van der Waals surface area contributed by atoms with Crippen LogP contribution in [0, 0.1) is 5.92 Å². The molecule has 2 aliphatic heterocycles. The first kappa shape index (κ1) is 14.2. The Morgan fingerprint density at radius 3 is 2.68 bits per heavy atom. The van der Waals surface area contributed by atoms with Gasteiger partial charge >= 0.3 is 0 Å². The van der Waals surface area contributed by atoms with Gasteiger partial charge in [0, 0.05) is 11.8 Å². The van der Waals surface area contributed by atoms with Crippen molar-refractivity contribution >= 4 is 23.5 Å². The standard InChI is InChI=1S/C16H16N4O2/c1-9(21)11-5-2-10(3-6-11)4-7-12-8-18-14-13(12)15(22)20-16(17)19-14/h2-3,5-6,8,13H,4,7H2,1H3,(H3,17,18,19,20,22). The molecule has 3 N–H and O–H groups in total. The number of Topliss-reactive ketones (excluding diaryl/α,β-unsaturated/α-hetero) is 1. The molecule has 1 atom stereocenters. The van der Waals surface area contributed by atoms with Crippen molar-refractivity contribution in [3.8, 4) is 0 Å². The second kappa shape index (κ2) is 5.55. The number of hydrogen-bond acceptors (Lipinski definition) is 5. The second-order valence-corrected chi connectivity index (χ2v) is 5.36. The zero-order valence-corrected chi connectivity index (χ0v) is 12.2. The molecule has 6 nitrogen and oxygen atoms in total. The average Bonchev–Trinajstić information content (AvgIpc) is 2.88. The zero-order valence-electron chi connectivity index (χ0n) is 12.2. The van der Waals surface area contributed by atoms with E-state index in [0.29, 0.717) is 17.8 Å². The van der Waals surface area contributed by atoms with Crippen molar-refractivity contribution in [3.63, 3.8) is 0 Å². The van der Waals surface area contributed by atoms with Crippen molar-refractivity contribution in [3.05, 3.63) is 47.2 Å². The Morgan fingerprint density at radius 1 is 1.27 bits per heavy atom. The predicted molar refractivity (Wildman–Crippen MR) is 83.5 cm³/mol. The molecular formula is C16H16N4O2. The molecule has 1 amide bonds. The van der Waals surface area contributed by atoms with Crippen LogP contribution in [0.4, 0.5) is 0 Å². The number of amides is 1. The molecule has 0 radical (unpaired) electrons. The maximum absolute atomic E-state index is 12.0. The molecule has 2 aliphatic rings. The van der Waals surface area contributed by atoms with Gasteiger partial charge in [0.15, 0.2) is 5.78 Å². The Balaban J connectivity index is 1.66. The molecule has 0 aromatic heterocycles. The van der Waals surface area contributed by atoms with Crippen LogP contribution in [0.5, 0.6) is 0 Å². The minimum absolute atomic E-state index is 0.0532. The minimum Gasteiger partial charge on any atom is -0.369 e. The fourth-order valence-electron chi connectivity index (χ4n) is 2.60. The highest BCUT2D eigenvalue weighted by atomic mass is 16.2. The highest BCUT2D eigenvalue weighted by molar-refractivity contribution is 6.19. The van der Waals surface area contributed by atoms with Gasteiger partial charge in [-0.05, 0) is 30.9 Å². The summed E-state index contributed by atoms with van der Waals surface area (Å²) in [6, 6.07) is 7.51. The number of rotatable bonds is 4. The number of hydrogen-bond donors (Lipinski definition) is 2. The Kier molecular flexibility index (Phi) is 3.58. The quantitative estimate of drug-likeness (QED) is 0.816. The third-order valence-corrected chi connectivity index (χ3v) is 3.80. The van der Waals surface area contributed by atoms with Crippen LogP contribution >= 0.6 is 0 Å². The number of carbonyl (C=O) groups is 2. The molecule has 0 bridgehead atoms. The first-order valence-corrected chi connectivity index (χ1v) is 7.06. The summed E-state index contributed by atoms with van der Waals surface area (Å²) in [6.45, 7) is 1.55. The molecule has 0 aliphatic carbocycles. The van der Waals surface area contributed by atoms with E-state index in [2.05, 4.69) is 15.3 Å². The van der Waals surface area contributed by atoms with E-state index in [4.69, 9.17) is 5.73 Å². The van der Waals surface area contributed by atoms with Gasteiger partial charge in [0.2, 0.25) is 11.9 Å². The van der Waals surface area contributed by atoms with E-state index < -0.39 is 5.92 Å². The molecule has 0 saturated heterocycles. The largest absolute Gasteiger partial charge is 0.369 e. The van der Waals surface area contributed by atoms with Gasteiger partial charge in [-0.15, -0.1) is 0 Å². The Morgan fingerprint density at radius 2 is 2.00 bits per heavy atom. The molecular weight excluding hydrogens is 280 g/mol. The number of benzene rings is 1. The highest BCUT2D eigenvalue weighted by Gasteiger charge is 2.35. The van der Waals surface area contributed by atoms with Crippen molar-refractivity contribution in [2.75, 3.05) is 0 Å². The molecule has 3 rings (SSSR count). The van der Waals surface area contributed by atoms with Gasteiger partial charge in [0.05, 0.1) is 0 Å². The fourth-order valence-corrected chi connectivity index (χ4v) is 2.60. The zero-order chi connectivity index (χ0) is 15.7. The van der Waals surface area contributed by atoms with Gasteiger partial charge in [-0.25, -0.2) is 4.99 Å². The number of aryl methyl sites for hydroxylation is 1. The molecule has 6 heteroatoms. The monoisotopic (exact) mass is 296 g/mol. The average molecular weight is 296 g/mol. The van der Waals surface area contributed by atoms with Crippen molar-refractivity contribution in [1.82, 2.24) is 5.32 Å². The molecule has 2 heterocycles. The maximum atomic E-state index is 12.0. The number of aliphatic imine (C=N–C) groups is 2. The minimum atomic E-state index is -0.427. The Hall–Kier alpha value is -2.76. The molecule has 0 spiro atoms. The molecule has 22 heavy (non-hydrogen) atoms. The first-order chi connectivity index (χ1) is 10.5. The van der Waals surface area contributed by atoms with E-state index >= 15 is 0 Å². The van der Waals surface area contributed by atoms with E-state index in [-0.39, 0.29) is 17.6 Å². The van der Waals surface area contributed by atoms with Crippen LogP contribution in [-0.2, 0) is 11.2 Å². The fraction of sp³-hybridized carbons (Fsp3) is 0.250. The summed E-state index contributed by atoms with van der Waals surface area (Å²) >= 11 is 0. The molecule has 112 valence electrons. The van der Waals surface area contributed by atoms with Crippen molar-refractivity contribution in [2.24, 2.45) is 21.6 Å². The van der Waals surface area contributed by atoms with Crippen LogP contribution in [0.3, 0.4) is 0 Å². The SMILES string of the molecule is CC(=O)c1ccc(CCC2=CN=C3N=C(N)NC(=O)C23)cc1. The Bertz CT molecular complexity index is 729. The van der Waals surface area contributed by atoms with Gasteiger partial charge in [-0.2, -0.15) is 4.99 Å². The lowest BCUT2D eigenvalue weighted by Gasteiger charge is -2.19. The summed E-state index contributed by atoms with van der Waals surface area (Å²) in [4.78, 5) is 31.5. The van der Waals surface area contributed by atoms with Crippen LogP contribution in [-0.4, -0.2) is 23.5 Å². The molecule has 0 fully saturated rings. The third kappa shape index (κ3) is 2.67. The highest BCUT2D eigenvalue weighted by Crippen LogP contribution is 2.27. The summed E-state index contributed by atoms with van der Waals surface area (Å²) in [7, 11) is 0. The van der Waals surface area contributed by atoms with Crippen LogP contribution in [0.15, 0.2) is 46.0 Å². The second-order valence-electron chi connectivity index (χ2n) is 5.36. The van der Waals surface area contributed by atoms with E-state index in [1.54, 1.807) is 13.1 Å². The number of carbonyl (C=O) groups excluding carboxylic acids is 2. The number of fused-ring (bicyclic) bond motifs is 1. The molecule has 1 unspecified atom stereocenters. The Labute approximate surface area is 127 Å². The van der Waals surface area contributed by atoms with Crippen molar-refractivity contribution in [1.29, 1.82) is 0 Å². The lowest BCUT2D eigenvalue weighted by atomic mass is 9.93. The smallest absolute Gasteiger partial charge is 0.241 e. The normalized spacial score (nSPS) is 19.8. The van der Waals surface area contributed by atoms with Gasteiger partial charge < -0.3 is 5.73 Å². The lowest BCUT2D eigenvalue weighted by Crippen LogP contribution is -2.47. The van der Waals surface area contributed by atoms with Crippen LogP contribution in [0.1, 0.15) is 29.3 Å². The van der Waals surface area contributed by atoms with E-state index in [1.165, 1.54) is 0 Å². The lowest BCUT2D eigenvalue weighted by molar-refractivity contribution is -0.120. The number of guanidine groups is 1. The van der Waals surface area contributed by atoms with Crippen LogP contribution in [0.25, 0.3) is 0 Å². The molecule has 1 aromatic rings. The summed E-state index contributed by atoms with van der Waals surface area (Å²) in [5.74, 6) is 0.000731. The predicted octanol–water partition coefficient (Wildman–Crippen LogP) is 1.18. The molecule has 1 aromatic carbocycles. The number of nitrogens with two attached hydrogens (primary N) is 1. The maximum Gasteiger partial charge on any atom is 0.241 e. The summed E-state index contributed by atoms with van der Waals surface area (Å²) in [6.07, 6.45) is 3.18. The van der Waals surface area contributed by atoms with Crippen LogP contribution < -0.4 is 11.1 Å². The summed E-state index contributed by atoms with van der Waals surface area (Å²) in [5, 5.41) is 2.53. The van der Waals surface area contributed by atoms with Crippen LogP contribution in [0.2, 0.25) is 0 Å². The third-order valence-electron chi connectivity index (χ3n) is 3.80. The van der Waals surface area contributed by atoms with E-state index in [9.17, 15) is 9.59 Å². The van der Waals surface area contributed by atoms with Gasteiger partial charge in [0.25, 0.3) is 0 Å². The number of nitrogens with zero attached hydrogens (tertiary/aromatic N) is 2. The van der Waals surface area contributed by atoms with Crippen molar-refractivity contribution < 1.29 is 9.59 Å². The first-order valence-electron chi connectivity index (χ1n) is 7.06. The number of amidine groups is 1. The van der Waals surface area contributed by atoms with Gasteiger partial charge in [0.1, 0.15) is 11.8 Å². The molecule has 0 saturated carbocycles. The number of ketones is 1. The summed E-state index contributed by atoms with van der Waals surface area (Å²) in [5.41, 5.74) is 8.26. The number of nitrogens with one attached hydrogen (secondary N) is 1. The summed E-state index contributed by atoms with van der Waals surface area (Å²) < 4.78 is 0. The van der Waals surface area contributed by atoms with E-state index in [0.717, 1.165) is 17.6 Å².